The van der Waals surface area contributed by atoms with Crippen molar-refractivity contribution in [2.24, 2.45) is 0 Å². The van der Waals surface area contributed by atoms with Crippen molar-refractivity contribution in [2.75, 3.05) is 22.5 Å². The van der Waals surface area contributed by atoms with Crippen molar-refractivity contribution >= 4 is 40.3 Å². The number of fused-ring (bicyclic) bond motifs is 1. The molecule has 0 aliphatic carbocycles. The minimum absolute atomic E-state index is 0.282. The van der Waals surface area contributed by atoms with Gasteiger partial charge in [-0.15, -0.1) is 0 Å². The number of carboxylic acid groups (broad SMARTS) is 1. The number of benzene rings is 1. The van der Waals surface area contributed by atoms with E-state index in [0.29, 0.717) is 12.7 Å². The lowest BCUT2D eigenvalue weighted by atomic mass is 10.0. The molecule has 1 aliphatic heterocycles. The average Bonchev–Trinajstić information content (AvgIpc) is 2.76. The van der Waals surface area contributed by atoms with Crippen LogP contribution in [0, 0.1) is 6.92 Å². The van der Waals surface area contributed by atoms with E-state index in [1.807, 2.05) is 25.1 Å². The van der Waals surface area contributed by atoms with E-state index >= 15 is 0 Å². The van der Waals surface area contributed by atoms with Crippen LogP contribution in [0.2, 0.25) is 0 Å². The van der Waals surface area contributed by atoms with Gasteiger partial charge < -0.3 is 15.3 Å². The number of aryl methyl sites for hydroxylation is 2. The first-order chi connectivity index (χ1) is 16.2. The standard InChI is InChI=1S/C19H18F3N3O2S.C2HF3O2/c1-12-4-5-16-13(9-12)3-2-8-25(16)18(27)28-11-17(26)24-15-6-7-23-10-14(15)19(20,21)22;3-2(4,5)1(6)7/h4-7,9-10H,2-3,8,11H2,1H3,(H,23,24,26);(H,6,7). The van der Waals surface area contributed by atoms with Crippen LogP contribution in [-0.4, -0.2) is 45.7 Å². The Kier molecular flexibility index (Phi) is 9.12. The topological polar surface area (TPSA) is 99.6 Å². The molecule has 2 N–H and O–H groups in total. The normalized spacial score (nSPS) is 13.3. The average molecular weight is 523 g/mol. The monoisotopic (exact) mass is 523 g/mol. The van der Waals surface area contributed by atoms with E-state index in [1.165, 1.54) is 0 Å². The molecule has 14 heteroatoms. The Bertz CT molecular complexity index is 1090. The fraction of sp³-hybridized carbons (Fsp3) is 0.333. The number of rotatable bonds is 3. The Morgan fingerprint density at radius 1 is 1.14 bits per heavy atom. The second kappa shape index (κ2) is 11.4. The Hall–Kier alpha value is -3.29. The summed E-state index contributed by atoms with van der Waals surface area (Å²) in [5.41, 5.74) is 1.61. The summed E-state index contributed by atoms with van der Waals surface area (Å²) >= 11 is 0.770. The SMILES string of the molecule is Cc1ccc2c(c1)CCCN2C(=O)SCC(=O)Nc1ccncc1C(F)(F)F.O=C(O)C(F)(F)F. The highest BCUT2D eigenvalue weighted by molar-refractivity contribution is 8.14. The van der Waals surface area contributed by atoms with Gasteiger partial charge >= 0.3 is 18.3 Å². The number of nitrogens with one attached hydrogen (secondary N) is 1. The van der Waals surface area contributed by atoms with E-state index in [0.717, 1.165) is 53.7 Å². The molecule has 2 heterocycles. The van der Waals surface area contributed by atoms with Crippen LogP contribution < -0.4 is 10.2 Å². The third kappa shape index (κ3) is 8.16. The van der Waals surface area contributed by atoms with Crippen LogP contribution in [0.15, 0.2) is 36.7 Å². The van der Waals surface area contributed by atoms with Crippen molar-refractivity contribution < 1.29 is 45.8 Å². The first-order valence-electron chi connectivity index (χ1n) is 9.85. The summed E-state index contributed by atoms with van der Waals surface area (Å²) in [6, 6.07) is 6.92. The molecule has 0 radical (unpaired) electrons. The number of aromatic nitrogens is 1. The number of hydrogen-bond donors (Lipinski definition) is 2. The molecule has 35 heavy (non-hydrogen) atoms. The third-order valence-electron chi connectivity index (χ3n) is 4.54. The van der Waals surface area contributed by atoms with Crippen LogP contribution in [0.4, 0.5) is 42.5 Å². The van der Waals surface area contributed by atoms with Crippen molar-refractivity contribution in [3.63, 3.8) is 0 Å². The number of nitrogens with zero attached hydrogens (tertiary/aromatic N) is 2. The zero-order valence-corrected chi connectivity index (χ0v) is 18.9. The lowest BCUT2D eigenvalue weighted by molar-refractivity contribution is -0.192. The molecule has 3 rings (SSSR count). The van der Waals surface area contributed by atoms with Gasteiger partial charge in [0, 0.05) is 24.6 Å². The van der Waals surface area contributed by atoms with Crippen molar-refractivity contribution in [1.82, 2.24) is 4.98 Å². The highest BCUT2D eigenvalue weighted by Gasteiger charge is 2.38. The molecule has 190 valence electrons. The number of alkyl halides is 6. The molecule has 1 aromatic heterocycles. The number of anilines is 2. The van der Waals surface area contributed by atoms with Gasteiger partial charge in [-0.1, -0.05) is 29.5 Å². The molecule has 0 unspecified atom stereocenters. The minimum atomic E-state index is -5.08. The van der Waals surface area contributed by atoms with Crippen LogP contribution >= 0.6 is 11.8 Å². The Morgan fingerprint density at radius 2 is 1.80 bits per heavy atom. The van der Waals surface area contributed by atoms with Crippen LogP contribution in [0.1, 0.15) is 23.1 Å². The summed E-state index contributed by atoms with van der Waals surface area (Å²) in [6.07, 6.45) is -6.19. The maximum Gasteiger partial charge on any atom is 0.490 e. The first kappa shape index (κ1) is 28.0. The smallest absolute Gasteiger partial charge is 0.475 e. The lowest BCUT2D eigenvalue weighted by Crippen LogP contribution is -2.33. The molecule has 2 amide bonds. The van der Waals surface area contributed by atoms with Gasteiger partial charge in [-0.05, 0) is 37.5 Å². The Morgan fingerprint density at radius 3 is 2.40 bits per heavy atom. The van der Waals surface area contributed by atoms with Crippen LogP contribution in [0.5, 0.6) is 0 Å². The Balaban J connectivity index is 0.000000540. The minimum Gasteiger partial charge on any atom is -0.475 e. The van der Waals surface area contributed by atoms with Crippen LogP contribution in [-0.2, 0) is 22.2 Å². The van der Waals surface area contributed by atoms with Crippen LogP contribution in [0.25, 0.3) is 0 Å². The molecule has 0 spiro atoms. The molecule has 0 bridgehead atoms. The molecule has 1 aromatic carbocycles. The highest BCUT2D eigenvalue weighted by Crippen LogP contribution is 2.34. The second-order valence-electron chi connectivity index (χ2n) is 7.21. The zero-order valence-electron chi connectivity index (χ0n) is 18.0. The number of carbonyl (C=O) groups is 3. The zero-order chi connectivity index (χ0) is 26.4. The van der Waals surface area contributed by atoms with Gasteiger partial charge in [0.25, 0.3) is 5.24 Å². The number of carbonyl (C=O) groups excluding carboxylic acids is 2. The summed E-state index contributed by atoms with van der Waals surface area (Å²) in [4.78, 5) is 38.6. The van der Waals surface area contributed by atoms with Gasteiger partial charge in [-0.25, -0.2) is 4.79 Å². The van der Waals surface area contributed by atoms with E-state index in [1.54, 1.807) is 4.90 Å². The number of hydrogen-bond acceptors (Lipinski definition) is 5. The van der Waals surface area contributed by atoms with E-state index in [2.05, 4.69) is 10.3 Å². The summed E-state index contributed by atoms with van der Waals surface area (Å²) in [7, 11) is 0. The van der Waals surface area contributed by atoms with Crippen molar-refractivity contribution in [2.45, 2.75) is 32.1 Å². The number of thioether (sulfide) groups is 1. The molecule has 7 nitrogen and oxygen atoms in total. The molecule has 0 saturated heterocycles. The van der Waals surface area contributed by atoms with E-state index < -0.39 is 29.8 Å². The molecule has 2 aromatic rings. The number of pyridine rings is 1. The van der Waals surface area contributed by atoms with Crippen molar-refractivity contribution in [1.29, 1.82) is 0 Å². The van der Waals surface area contributed by atoms with Gasteiger partial charge in [-0.2, -0.15) is 26.3 Å². The molecular weight excluding hydrogens is 504 g/mol. The molecule has 0 saturated carbocycles. The van der Waals surface area contributed by atoms with Crippen LogP contribution in [0.3, 0.4) is 0 Å². The molecular formula is C21H19F6N3O4S. The summed E-state index contributed by atoms with van der Waals surface area (Å²) in [5.74, 6) is -3.72. The quantitative estimate of drug-likeness (QED) is 0.531. The molecule has 0 fully saturated rings. The number of halogens is 6. The maximum absolute atomic E-state index is 13.0. The van der Waals surface area contributed by atoms with Crippen molar-refractivity contribution in [3.05, 3.63) is 53.3 Å². The summed E-state index contributed by atoms with van der Waals surface area (Å²) in [5, 5.41) is 9.04. The van der Waals surface area contributed by atoms with Gasteiger partial charge in [0.1, 0.15) is 0 Å². The predicted octanol–water partition coefficient (Wildman–Crippen LogP) is 5.29. The molecule has 0 atom stereocenters. The number of amides is 2. The fourth-order valence-corrected chi connectivity index (χ4v) is 3.71. The lowest BCUT2D eigenvalue weighted by Gasteiger charge is -2.29. The van der Waals surface area contributed by atoms with E-state index in [4.69, 9.17) is 9.90 Å². The number of carboxylic acids is 1. The predicted molar refractivity (Wildman–Crippen MR) is 116 cm³/mol. The fourth-order valence-electron chi connectivity index (χ4n) is 3.04. The summed E-state index contributed by atoms with van der Waals surface area (Å²) < 4.78 is 70.6. The number of aliphatic carboxylic acids is 1. The van der Waals surface area contributed by atoms with Crippen molar-refractivity contribution in [3.8, 4) is 0 Å². The second-order valence-corrected chi connectivity index (χ2v) is 8.14. The maximum atomic E-state index is 13.0. The largest absolute Gasteiger partial charge is 0.490 e. The van der Waals surface area contributed by atoms with Gasteiger partial charge in [-0.3, -0.25) is 14.6 Å². The highest BCUT2D eigenvalue weighted by atomic mass is 32.2. The van der Waals surface area contributed by atoms with Gasteiger partial charge in [0.2, 0.25) is 5.91 Å². The third-order valence-corrected chi connectivity index (χ3v) is 5.42. The van der Waals surface area contributed by atoms with E-state index in [-0.39, 0.29) is 16.7 Å². The Labute approximate surface area is 199 Å². The first-order valence-corrected chi connectivity index (χ1v) is 10.8. The van der Waals surface area contributed by atoms with E-state index in [9.17, 15) is 35.9 Å². The van der Waals surface area contributed by atoms with Gasteiger partial charge in [0.05, 0.1) is 17.0 Å². The summed E-state index contributed by atoms with van der Waals surface area (Å²) in [6.45, 7) is 2.53. The van der Waals surface area contributed by atoms with Gasteiger partial charge in [0.15, 0.2) is 0 Å². The molecule has 1 aliphatic rings.